The Hall–Kier alpha value is -3.02. The first kappa shape index (κ1) is 24.6. The van der Waals surface area contributed by atoms with Crippen LogP contribution in [0.25, 0.3) is 11.1 Å². The standard InChI is InChI=1S/C27H29ClO5/c1-4-31-26(29)27(2,30-3)22-13-16-25(24(28)19-22)33-18-8-17-32-23-14-11-21(12-15-23)20-9-6-5-7-10-20/h5-7,9-16,19H,4,8,17-18H2,1-3H3/t27-/m0/s1. The van der Waals surface area contributed by atoms with E-state index in [1.54, 1.807) is 32.0 Å². The lowest BCUT2D eigenvalue weighted by atomic mass is 9.95. The third-order valence-electron chi connectivity index (χ3n) is 5.33. The van der Waals surface area contributed by atoms with Gasteiger partial charge in [0.1, 0.15) is 11.5 Å². The summed E-state index contributed by atoms with van der Waals surface area (Å²) in [5.41, 5.74) is 1.69. The fourth-order valence-corrected chi connectivity index (χ4v) is 3.54. The Kier molecular flexibility index (Phi) is 8.75. The summed E-state index contributed by atoms with van der Waals surface area (Å²) in [6, 6.07) is 23.4. The summed E-state index contributed by atoms with van der Waals surface area (Å²) in [6.45, 7) is 4.64. The molecule has 3 rings (SSSR count). The van der Waals surface area contributed by atoms with Gasteiger partial charge >= 0.3 is 5.97 Å². The number of halogens is 1. The van der Waals surface area contributed by atoms with Gasteiger partial charge in [0, 0.05) is 13.5 Å². The number of rotatable bonds is 11. The van der Waals surface area contributed by atoms with E-state index in [2.05, 4.69) is 12.1 Å². The number of carbonyl (C=O) groups is 1. The lowest BCUT2D eigenvalue weighted by molar-refractivity contribution is -0.168. The molecule has 0 unspecified atom stereocenters. The highest BCUT2D eigenvalue weighted by Crippen LogP contribution is 2.33. The molecule has 0 aliphatic rings. The van der Waals surface area contributed by atoms with Crippen molar-refractivity contribution in [2.24, 2.45) is 0 Å². The van der Waals surface area contributed by atoms with E-state index < -0.39 is 11.6 Å². The van der Waals surface area contributed by atoms with Crippen molar-refractivity contribution in [1.29, 1.82) is 0 Å². The number of hydrogen-bond acceptors (Lipinski definition) is 5. The van der Waals surface area contributed by atoms with E-state index in [9.17, 15) is 4.79 Å². The molecular weight excluding hydrogens is 440 g/mol. The Morgan fingerprint density at radius 2 is 1.58 bits per heavy atom. The Morgan fingerprint density at radius 1 is 0.909 bits per heavy atom. The average molecular weight is 469 g/mol. The van der Waals surface area contributed by atoms with Crippen molar-refractivity contribution < 1.29 is 23.7 Å². The van der Waals surface area contributed by atoms with Gasteiger partial charge in [0.2, 0.25) is 0 Å². The van der Waals surface area contributed by atoms with Gasteiger partial charge in [-0.15, -0.1) is 0 Å². The number of carbonyl (C=O) groups excluding carboxylic acids is 1. The molecule has 0 heterocycles. The molecule has 0 N–H and O–H groups in total. The van der Waals surface area contributed by atoms with Crippen LogP contribution in [0.2, 0.25) is 5.02 Å². The maximum atomic E-state index is 12.3. The summed E-state index contributed by atoms with van der Waals surface area (Å²) in [6.07, 6.45) is 0.692. The van der Waals surface area contributed by atoms with Crippen molar-refractivity contribution in [2.75, 3.05) is 26.9 Å². The van der Waals surface area contributed by atoms with E-state index in [0.29, 0.717) is 36.0 Å². The van der Waals surface area contributed by atoms with E-state index in [4.69, 9.17) is 30.5 Å². The van der Waals surface area contributed by atoms with Crippen LogP contribution in [-0.4, -0.2) is 32.9 Å². The number of ether oxygens (including phenoxy) is 4. The minimum Gasteiger partial charge on any atom is -0.493 e. The highest BCUT2D eigenvalue weighted by atomic mass is 35.5. The Morgan fingerprint density at radius 3 is 2.21 bits per heavy atom. The van der Waals surface area contributed by atoms with Crippen LogP contribution in [0.5, 0.6) is 11.5 Å². The molecule has 3 aromatic rings. The molecule has 3 aromatic carbocycles. The lowest BCUT2D eigenvalue weighted by Crippen LogP contribution is -2.36. The molecule has 0 amide bonds. The molecular formula is C27H29ClO5. The number of esters is 1. The zero-order valence-corrected chi connectivity index (χ0v) is 19.9. The average Bonchev–Trinajstić information content (AvgIpc) is 2.85. The van der Waals surface area contributed by atoms with Crippen LogP contribution in [0.1, 0.15) is 25.8 Å². The topological polar surface area (TPSA) is 54.0 Å². The van der Waals surface area contributed by atoms with Crippen LogP contribution in [-0.2, 0) is 19.9 Å². The number of hydrogen-bond donors (Lipinski definition) is 0. The molecule has 0 saturated carbocycles. The molecule has 6 heteroatoms. The quantitative estimate of drug-likeness (QED) is 0.245. The monoisotopic (exact) mass is 468 g/mol. The SMILES string of the molecule is CCOC(=O)[C@@](C)(OC)c1ccc(OCCCOc2ccc(-c3ccccc3)cc2)c(Cl)c1. The van der Waals surface area contributed by atoms with Crippen molar-refractivity contribution in [2.45, 2.75) is 25.9 Å². The summed E-state index contributed by atoms with van der Waals surface area (Å²) in [4.78, 5) is 12.3. The highest BCUT2D eigenvalue weighted by Gasteiger charge is 2.37. The first-order valence-corrected chi connectivity index (χ1v) is 11.3. The van der Waals surface area contributed by atoms with E-state index in [0.717, 1.165) is 11.3 Å². The molecule has 0 aliphatic heterocycles. The third-order valence-corrected chi connectivity index (χ3v) is 5.63. The molecule has 0 fully saturated rings. The molecule has 0 spiro atoms. The maximum absolute atomic E-state index is 12.3. The second-order valence-electron chi connectivity index (χ2n) is 7.54. The fourth-order valence-electron chi connectivity index (χ4n) is 3.31. The van der Waals surface area contributed by atoms with Gasteiger partial charge in [0.15, 0.2) is 5.60 Å². The first-order valence-electron chi connectivity index (χ1n) is 10.9. The zero-order chi connectivity index (χ0) is 23.7. The lowest BCUT2D eigenvalue weighted by Gasteiger charge is -2.26. The minimum atomic E-state index is -1.23. The molecule has 0 saturated heterocycles. The van der Waals surface area contributed by atoms with Crippen molar-refractivity contribution in [3.8, 4) is 22.6 Å². The zero-order valence-electron chi connectivity index (χ0n) is 19.2. The van der Waals surface area contributed by atoms with Crippen LogP contribution < -0.4 is 9.47 Å². The van der Waals surface area contributed by atoms with Gasteiger partial charge in [-0.2, -0.15) is 0 Å². The number of benzene rings is 3. The van der Waals surface area contributed by atoms with Crippen LogP contribution >= 0.6 is 11.6 Å². The van der Waals surface area contributed by atoms with Crippen LogP contribution in [0.4, 0.5) is 0 Å². The van der Waals surface area contributed by atoms with Gasteiger partial charge in [-0.1, -0.05) is 60.1 Å². The van der Waals surface area contributed by atoms with E-state index >= 15 is 0 Å². The second kappa shape index (κ2) is 11.7. The van der Waals surface area contributed by atoms with Crippen LogP contribution in [0.15, 0.2) is 72.8 Å². The Labute approximate surface area is 200 Å². The van der Waals surface area contributed by atoms with Crippen LogP contribution in [0.3, 0.4) is 0 Å². The highest BCUT2D eigenvalue weighted by molar-refractivity contribution is 6.32. The predicted molar refractivity (Wildman–Crippen MR) is 130 cm³/mol. The van der Waals surface area contributed by atoms with Crippen molar-refractivity contribution in [3.63, 3.8) is 0 Å². The van der Waals surface area contributed by atoms with Crippen molar-refractivity contribution in [3.05, 3.63) is 83.4 Å². The van der Waals surface area contributed by atoms with Gasteiger partial charge < -0.3 is 18.9 Å². The summed E-state index contributed by atoms with van der Waals surface area (Å²) in [5.74, 6) is 0.885. The molecule has 0 aromatic heterocycles. The largest absolute Gasteiger partial charge is 0.493 e. The van der Waals surface area contributed by atoms with Gasteiger partial charge in [0.05, 0.1) is 24.8 Å². The molecule has 0 aliphatic carbocycles. The minimum absolute atomic E-state index is 0.270. The summed E-state index contributed by atoms with van der Waals surface area (Å²) >= 11 is 6.38. The molecule has 1 atom stereocenters. The molecule has 0 radical (unpaired) electrons. The summed E-state index contributed by atoms with van der Waals surface area (Å²) in [7, 11) is 1.46. The smallest absolute Gasteiger partial charge is 0.342 e. The maximum Gasteiger partial charge on any atom is 0.342 e. The van der Waals surface area contributed by atoms with Gasteiger partial charge in [-0.05, 0) is 54.8 Å². The second-order valence-corrected chi connectivity index (χ2v) is 7.95. The predicted octanol–water partition coefficient (Wildman–Crippen LogP) is 6.28. The Balaban J connectivity index is 1.48. The first-order chi connectivity index (χ1) is 16.0. The van der Waals surface area contributed by atoms with Crippen LogP contribution in [0, 0.1) is 0 Å². The number of methoxy groups -OCH3 is 1. The summed E-state index contributed by atoms with van der Waals surface area (Å²) in [5, 5.41) is 0.400. The summed E-state index contributed by atoms with van der Waals surface area (Å²) < 4.78 is 22.2. The van der Waals surface area contributed by atoms with Gasteiger partial charge in [-0.3, -0.25) is 0 Å². The van der Waals surface area contributed by atoms with E-state index in [1.165, 1.54) is 12.7 Å². The third kappa shape index (κ3) is 6.28. The normalized spacial score (nSPS) is 12.6. The Bertz CT molecular complexity index is 1040. The van der Waals surface area contributed by atoms with Gasteiger partial charge in [-0.25, -0.2) is 4.79 Å². The molecule has 0 bridgehead atoms. The van der Waals surface area contributed by atoms with Crippen molar-refractivity contribution >= 4 is 17.6 Å². The molecule has 174 valence electrons. The van der Waals surface area contributed by atoms with Crippen molar-refractivity contribution in [1.82, 2.24) is 0 Å². The molecule has 33 heavy (non-hydrogen) atoms. The van der Waals surface area contributed by atoms with E-state index in [-0.39, 0.29) is 6.61 Å². The van der Waals surface area contributed by atoms with E-state index in [1.807, 2.05) is 42.5 Å². The fraction of sp³-hybridized carbons (Fsp3) is 0.296. The molecule has 5 nitrogen and oxygen atoms in total. The van der Waals surface area contributed by atoms with Gasteiger partial charge in [0.25, 0.3) is 0 Å².